The standard InChI is InChI=1S/Fe.Li.HO3P.H/c;;1-4(2)3;/h;;(H-,1,2,3);/q-1;;;/p+1. The van der Waals surface area contributed by atoms with Crippen LogP contribution in [-0.2, 0) is 20.1 Å². The van der Waals surface area contributed by atoms with Crippen LogP contribution in [0.15, 0.2) is 0 Å². The van der Waals surface area contributed by atoms with Crippen molar-refractivity contribution in [2.45, 2.75) is 0 Å². The maximum absolute atomic E-state index is 9.22. The summed E-state index contributed by atoms with van der Waals surface area (Å²) in [6.07, 6.45) is -3.89. The van der Waals surface area contributed by atoms with Crippen LogP contribution in [0.2, 0.25) is 0 Å². The summed E-state index contributed by atoms with van der Waals surface area (Å²) in [4.78, 5) is 15.0. The second kappa shape index (κ2) is 3.29. The molecule has 0 fully saturated rings. The van der Waals surface area contributed by atoms with Crippen molar-refractivity contribution in [3.63, 3.8) is 0 Å². The summed E-state index contributed by atoms with van der Waals surface area (Å²) in [5.74, 6) is 0. The summed E-state index contributed by atoms with van der Waals surface area (Å²) in [6.45, 7) is 0. The Kier molecular flexibility index (Phi) is 5.64. The second-order valence-corrected chi connectivity index (χ2v) is 3.31. The molecule has 3 nitrogen and oxygen atoms in total. The van der Waals surface area contributed by atoms with Gasteiger partial charge in [-0.25, -0.2) is 0 Å². The molecule has 0 aliphatic rings. The normalized spacial score (nSPS) is 9.83. The molecule has 0 aromatic carbocycles. The van der Waals surface area contributed by atoms with E-state index in [2.05, 4.69) is 15.6 Å². The van der Waals surface area contributed by atoms with Crippen LogP contribution >= 0.6 is 6.29 Å². The molecule has 6 heteroatoms. The van der Waals surface area contributed by atoms with E-state index in [1.165, 1.54) is 0 Å². The van der Waals surface area contributed by atoms with Crippen LogP contribution in [-0.4, -0.2) is 28.6 Å². The summed E-state index contributed by atoms with van der Waals surface area (Å²) >= 11 is 2.44. The van der Waals surface area contributed by atoms with Crippen molar-refractivity contribution in [2.24, 2.45) is 0 Å². The van der Waals surface area contributed by atoms with E-state index >= 15 is 0 Å². The van der Waals surface area contributed by atoms with Crippen LogP contribution in [0.4, 0.5) is 0 Å². The Bertz CT molecular complexity index is 56.9. The fourth-order valence-electron chi connectivity index (χ4n) is 0. The van der Waals surface area contributed by atoms with Crippen molar-refractivity contribution in [3.8, 4) is 0 Å². The van der Waals surface area contributed by atoms with Crippen molar-refractivity contribution in [1.29, 1.82) is 0 Å². The molecular weight excluding hydrogens is 142 g/mol. The molecule has 0 unspecified atom stereocenters. The molecular formula is H3FeLiO3P. The van der Waals surface area contributed by atoms with E-state index in [-0.39, 0.29) is 18.9 Å². The molecule has 0 heterocycles. The molecule has 0 aliphatic carbocycles. The Labute approximate surface area is 55.3 Å². The van der Waals surface area contributed by atoms with E-state index in [9.17, 15) is 4.57 Å². The predicted molar refractivity (Wildman–Crippen MR) is 19.2 cm³/mol. The second-order valence-electron chi connectivity index (χ2n) is 0.459. The molecule has 0 saturated heterocycles. The molecule has 6 heavy (non-hydrogen) atoms. The summed E-state index contributed by atoms with van der Waals surface area (Å²) in [5.41, 5.74) is 0. The molecule has 0 atom stereocenters. The van der Waals surface area contributed by atoms with Crippen molar-refractivity contribution in [3.05, 3.63) is 0 Å². The van der Waals surface area contributed by atoms with E-state index in [0.717, 1.165) is 0 Å². The van der Waals surface area contributed by atoms with E-state index in [0.29, 0.717) is 0 Å². The van der Waals surface area contributed by atoms with Gasteiger partial charge in [-0.15, -0.1) is 0 Å². The predicted octanol–water partition coefficient (Wildman–Crippen LogP) is -1.02. The van der Waals surface area contributed by atoms with Crippen LogP contribution in [0.1, 0.15) is 0 Å². The third kappa shape index (κ3) is 59.7. The number of hydrogen-bond acceptors (Lipinski definition) is 1. The van der Waals surface area contributed by atoms with E-state index in [4.69, 9.17) is 9.79 Å². The third-order valence-corrected chi connectivity index (χ3v) is 0. The van der Waals surface area contributed by atoms with Crippen molar-refractivity contribution in [2.75, 3.05) is 0 Å². The van der Waals surface area contributed by atoms with Crippen LogP contribution < -0.4 is 0 Å². The quantitative estimate of drug-likeness (QED) is 0.338. The van der Waals surface area contributed by atoms with Gasteiger partial charge in [0, 0.05) is 0 Å². The molecule has 0 aromatic rings. The average Bonchev–Trinajstić information content (AvgIpc) is 0.722. The van der Waals surface area contributed by atoms with Crippen LogP contribution in [0, 0.1) is 0 Å². The average molecular weight is 145 g/mol. The van der Waals surface area contributed by atoms with Crippen molar-refractivity contribution < 1.29 is 29.9 Å². The Morgan fingerprint density at radius 1 is 1.50 bits per heavy atom. The van der Waals surface area contributed by atoms with Gasteiger partial charge in [-0.2, -0.15) is 0 Å². The first-order chi connectivity index (χ1) is 2.00. The molecule has 0 bridgehead atoms. The van der Waals surface area contributed by atoms with Gasteiger partial charge in [-0.1, -0.05) is 0 Å². The topological polar surface area (TPSA) is 57.5 Å². The Morgan fingerprint density at radius 3 is 1.50 bits per heavy atom. The zero-order valence-corrected chi connectivity index (χ0v) is 4.10. The SMILES string of the molecule is O=[P](O)(O)[Fe].[LiH]. The minimum atomic E-state index is -3.89. The van der Waals surface area contributed by atoms with E-state index < -0.39 is 6.29 Å². The van der Waals surface area contributed by atoms with Crippen molar-refractivity contribution in [1.82, 2.24) is 0 Å². The molecule has 0 saturated carbocycles. The van der Waals surface area contributed by atoms with E-state index in [1.54, 1.807) is 0 Å². The summed E-state index contributed by atoms with van der Waals surface area (Å²) in [7, 11) is 0. The molecule has 0 aromatic heterocycles. The van der Waals surface area contributed by atoms with Gasteiger partial charge in [0.25, 0.3) is 0 Å². The number of hydrogen-bond donors (Lipinski definition) is 2. The van der Waals surface area contributed by atoms with Gasteiger partial charge in [-0.05, 0) is 0 Å². The Hall–Kier alpha value is 1.27. The van der Waals surface area contributed by atoms with Gasteiger partial charge in [-0.3, -0.25) is 0 Å². The van der Waals surface area contributed by atoms with Gasteiger partial charge >= 0.3 is 55.1 Å². The monoisotopic (exact) mass is 145 g/mol. The molecule has 0 spiro atoms. The number of rotatable bonds is 0. The van der Waals surface area contributed by atoms with Gasteiger partial charge in [0.05, 0.1) is 0 Å². The zero-order valence-electron chi connectivity index (χ0n) is 2.10. The summed E-state index contributed by atoms with van der Waals surface area (Å²) in [6, 6.07) is 0. The molecule has 0 rings (SSSR count). The maximum atomic E-state index is 9.22. The van der Waals surface area contributed by atoms with Gasteiger partial charge in [0.2, 0.25) is 0 Å². The van der Waals surface area contributed by atoms with Crippen LogP contribution in [0.5, 0.6) is 0 Å². The molecule has 0 amide bonds. The first-order valence-corrected chi connectivity index (χ1v) is 3.70. The van der Waals surface area contributed by atoms with Gasteiger partial charge < -0.3 is 0 Å². The van der Waals surface area contributed by atoms with E-state index in [1.807, 2.05) is 0 Å². The summed E-state index contributed by atoms with van der Waals surface area (Å²) < 4.78 is 9.22. The van der Waals surface area contributed by atoms with Crippen LogP contribution in [0.25, 0.3) is 0 Å². The van der Waals surface area contributed by atoms with Gasteiger partial charge in [0.15, 0.2) is 0 Å². The molecule has 2 N–H and O–H groups in total. The third-order valence-electron chi connectivity index (χ3n) is 0. The van der Waals surface area contributed by atoms with Crippen molar-refractivity contribution >= 4 is 25.1 Å². The molecule has 0 aliphatic heterocycles. The van der Waals surface area contributed by atoms with Gasteiger partial charge in [0.1, 0.15) is 0 Å². The summed E-state index contributed by atoms with van der Waals surface area (Å²) in [5, 5.41) is 0. The van der Waals surface area contributed by atoms with Crippen LogP contribution in [0.3, 0.4) is 0 Å². The Morgan fingerprint density at radius 2 is 1.50 bits per heavy atom. The Balaban J connectivity index is 0. The first-order valence-electron chi connectivity index (χ1n) is 0.741. The fourth-order valence-corrected chi connectivity index (χ4v) is 0. The molecule has 0 radical (unpaired) electrons. The zero-order chi connectivity index (χ0) is 4.50. The molecule has 35 valence electrons. The fraction of sp³-hybridized carbons (Fsp3) is 0. The minimum absolute atomic E-state index is 0. The first kappa shape index (κ1) is 10.3.